The Hall–Kier alpha value is -2.10. The van der Waals surface area contributed by atoms with Crippen LogP contribution in [0.5, 0.6) is 5.75 Å². The highest BCUT2D eigenvalue weighted by molar-refractivity contribution is 5.72. The van der Waals surface area contributed by atoms with Gasteiger partial charge in [0.2, 0.25) is 0 Å². The summed E-state index contributed by atoms with van der Waals surface area (Å²) in [5.74, 6) is 1.12. The summed E-state index contributed by atoms with van der Waals surface area (Å²) in [5.41, 5.74) is 2.43. The average Bonchev–Trinajstić information content (AvgIpc) is 3.00. The number of hydrogen-bond donors (Lipinski definition) is 0. The summed E-state index contributed by atoms with van der Waals surface area (Å²) in [7, 11) is 1.87. The predicted octanol–water partition coefficient (Wildman–Crippen LogP) is 4.01. The zero-order chi connectivity index (χ0) is 16.1. The molecule has 0 N–H and O–H groups in total. The molecular weight excluding hydrogens is 288 g/mol. The monoisotopic (exact) mass is 312 g/mol. The summed E-state index contributed by atoms with van der Waals surface area (Å²) in [4.78, 5) is 11.9. The summed E-state index contributed by atoms with van der Waals surface area (Å²) >= 11 is 0. The molecule has 1 aliphatic rings. The van der Waals surface area contributed by atoms with Crippen LogP contribution in [0.15, 0.2) is 36.7 Å². The second kappa shape index (κ2) is 7.44. The lowest BCUT2D eigenvalue weighted by molar-refractivity contribution is -0.134. The number of nitrogens with zero attached hydrogens (tertiary/aromatic N) is 2. The van der Waals surface area contributed by atoms with E-state index in [1.54, 1.807) is 10.9 Å². The first-order valence-electron chi connectivity index (χ1n) is 8.49. The second-order valence-corrected chi connectivity index (χ2v) is 6.40. The summed E-state index contributed by atoms with van der Waals surface area (Å²) in [5, 5.41) is 4.10. The Morgan fingerprint density at radius 1 is 1.22 bits per heavy atom. The number of aromatic nitrogens is 2. The summed E-state index contributed by atoms with van der Waals surface area (Å²) in [6.45, 7) is 0. The van der Waals surface area contributed by atoms with E-state index < -0.39 is 0 Å². The number of carbonyl (C=O) groups is 1. The van der Waals surface area contributed by atoms with Crippen LogP contribution in [0, 0.1) is 0 Å². The van der Waals surface area contributed by atoms with E-state index in [1.165, 1.54) is 37.7 Å². The van der Waals surface area contributed by atoms with Crippen molar-refractivity contribution in [1.82, 2.24) is 9.78 Å². The Kier molecular flexibility index (Phi) is 5.11. The number of esters is 1. The third-order valence-electron chi connectivity index (χ3n) is 4.56. The average molecular weight is 312 g/mol. The molecule has 1 aromatic heterocycles. The van der Waals surface area contributed by atoms with Crippen LogP contribution in [0.2, 0.25) is 0 Å². The van der Waals surface area contributed by atoms with E-state index in [0.29, 0.717) is 24.5 Å². The fourth-order valence-electron chi connectivity index (χ4n) is 3.27. The quantitative estimate of drug-likeness (QED) is 0.619. The summed E-state index contributed by atoms with van der Waals surface area (Å²) < 4.78 is 7.16. The molecule has 122 valence electrons. The van der Waals surface area contributed by atoms with E-state index in [0.717, 1.165) is 5.56 Å². The maximum atomic E-state index is 11.9. The van der Waals surface area contributed by atoms with Crippen molar-refractivity contribution in [3.63, 3.8) is 0 Å². The van der Waals surface area contributed by atoms with Gasteiger partial charge >= 0.3 is 5.97 Å². The lowest BCUT2D eigenvalue weighted by Gasteiger charge is -2.22. The lowest BCUT2D eigenvalue weighted by Crippen LogP contribution is -2.09. The van der Waals surface area contributed by atoms with Crippen LogP contribution in [0.25, 0.3) is 0 Å². The molecule has 0 radical (unpaired) electrons. The Morgan fingerprint density at radius 2 is 1.96 bits per heavy atom. The number of aryl methyl sites for hydroxylation is 2. The van der Waals surface area contributed by atoms with E-state index in [4.69, 9.17) is 4.74 Å². The largest absolute Gasteiger partial charge is 0.427 e. The van der Waals surface area contributed by atoms with Crippen molar-refractivity contribution < 1.29 is 9.53 Å². The SMILES string of the molecule is Cn1cc(CCC(=O)Oc2ccc(C3CCCCC3)cc2)cn1. The molecule has 1 heterocycles. The topological polar surface area (TPSA) is 44.1 Å². The second-order valence-electron chi connectivity index (χ2n) is 6.40. The van der Waals surface area contributed by atoms with Crippen molar-refractivity contribution in [2.45, 2.75) is 50.9 Å². The maximum Gasteiger partial charge on any atom is 0.311 e. The van der Waals surface area contributed by atoms with Crippen LogP contribution in [0.3, 0.4) is 0 Å². The molecule has 0 saturated heterocycles. The first-order chi connectivity index (χ1) is 11.2. The van der Waals surface area contributed by atoms with E-state index in [2.05, 4.69) is 17.2 Å². The highest BCUT2D eigenvalue weighted by atomic mass is 16.5. The molecule has 23 heavy (non-hydrogen) atoms. The number of ether oxygens (including phenoxy) is 1. The molecule has 0 spiro atoms. The van der Waals surface area contributed by atoms with Crippen molar-refractivity contribution in [3.8, 4) is 5.75 Å². The Bertz CT molecular complexity index is 640. The Labute approximate surface area is 137 Å². The fourth-order valence-corrected chi connectivity index (χ4v) is 3.27. The van der Waals surface area contributed by atoms with E-state index in [1.807, 2.05) is 25.4 Å². The molecule has 0 atom stereocenters. The van der Waals surface area contributed by atoms with E-state index in [9.17, 15) is 4.79 Å². The van der Waals surface area contributed by atoms with Gasteiger partial charge in [-0.15, -0.1) is 0 Å². The first kappa shape index (κ1) is 15.8. The van der Waals surface area contributed by atoms with Gasteiger partial charge in [0.15, 0.2) is 0 Å². The van der Waals surface area contributed by atoms with Gasteiger partial charge in [0.05, 0.1) is 12.6 Å². The molecule has 3 rings (SSSR count). The van der Waals surface area contributed by atoms with Crippen LogP contribution in [-0.4, -0.2) is 15.7 Å². The molecule has 0 unspecified atom stereocenters. The third-order valence-corrected chi connectivity index (χ3v) is 4.56. The molecule has 1 fully saturated rings. The van der Waals surface area contributed by atoms with Gasteiger partial charge in [0, 0.05) is 13.2 Å². The van der Waals surface area contributed by atoms with Gasteiger partial charge in [0.1, 0.15) is 5.75 Å². The molecule has 1 aromatic carbocycles. The van der Waals surface area contributed by atoms with Gasteiger partial charge in [-0.3, -0.25) is 9.48 Å². The minimum Gasteiger partial charge on any atom is -0.427 e. The molecule has 1 saturated carbocycles. The highest BCUT2D eigenvalue weighted by Gasteiger charge is 2.15. The number of benzene rings is 1. The van der Waals surface area contributed by atoms with E-state index in [-0.39, 0.29) is 5.97 Å². The van der Waals surface area contributed by atoms with Crippen molar-refractivity contribution in [2.24, 2.45) is 7.05 Å². The Balaban J connectivity index is 1.50. The normalized spacial score (nSPS) is 15.5. The molecule has 1 aliphatic carbocycles. The van der Waals surface area contributed by atoms with E-state index >= 15 is 0 Å². The number of hydrogen-bond acceptors (Lipinski definition) is 3. The van der Waals surface area contributed by atoms with Crippen LogP contribution >= 0.6 is 0 Å². The molecule has 0 amide bonds. The highest BCUT2D eigenvalue weighted by Crippen LogP contribution is 2.33. The third kappa shape index (κ3) is 4.44. The van der Waals surface area contributed by atoms with Crippen LogP contribution in [0.4, 0.5) is 0 Å². The summed E-state index contributed by atoms with van der Waals surface area (Å²) in [6, 6.07) is 8.07. The van der Waals surface area contributed by atoms with Crippen LogP contribution in [0.1, 0.15) is 55.6 Å². The van der Waals surface area contributed by atoms with Gasteiger partial charge in [0.25, 0.3) is 0 Å². The number of rotatable bonds is 5. The number of carbonyl (C=O) groups excluding carboxylic acids is 1. The van der Waals surface area contributed by atoms with Gasteiger partial charge in [-0.05, 0) is 48.4 Å². The zero-order valence-electron chi connectivity index (χ0n) is 13.7. The molecule has 4 heteroatoms. The molecule has 0 bridgehead atoms. The van der Waals surface area contributed by atoms with Crippen molar-refractivity contribution in [2.75, 3.05) is 0 Å². The smallest absolute Gasteiger partial charge is 0.311 e. The van der Waals surface area contributed by atoms with Gasteiger partial charge in [-0.25, -0.2) is 0 Å². The van der Waals surface area contributed by atoms with Crippen molar-refractivity contribution in [1.29, 1.82) is 0 Å². The van der Waals surface area contributed by atoms with Gasteiger partial charge in [-0.1, -0.05) is 31.4 Å². The standard InChI is InChI=1S/C19H24N2O2/c1-21-14-15(13-20-21)7-12-19(22)23-18-10-8-17(9-11-18)16-5-3-2-4-6-16/h8-11,13-14,16H,2-7,12H2,1H3. The summed E-state index contributed by atoms with van der Waals surface area (Å²) in [6.07, 6.45) is 11.3. The lowest BCUT2D eigenvalue weighted by atomic mass is 9.84. The minimum absolute atomic E-state index is 0.195. The van der Waals surface area contributed by atoms with Crippen LogP contribution < -0.4 is 4.74 Å². The predicted molar refractivity (Wildman–Crippen MR) is 89.4 cm³/mol. The van der Waals surface area contributed by atoms with Gasteiger partial charge in [-0.2, -0.15) is 5.10 Å². The zero-order valence-corrected chi connectivity index (χ0v) is 13.7. The van der Waals surface area contributed by atoms with Crippen LogP contribution in [-0.2, 0) is 18.3 Å². The Morgan fingerprint density at radius 3 is 2.61 bits per heavy atom. The molecule has 2 aromatic rings. The van der Waals surface area contributed by atoms with Gasteiger partial charge < -0.3 is 4.74 Å². The molecule has 4 nitrogen and oxygen atoms in total. The van der Waals surface area contributed by atoms with Crippen molar-refractivity contribution >= 4 is 5.97 Å². The fraction of sp³-hybridized carbons (Fsp3) is 0.474. The maximum absolute atomic E-state index is 11.9. The molecule has 0 aliphatic heterocycles. The minimum atomic E-state index is -0.195. The first-order valence-corrected chi connectivity index (χ1v) is 8.49. The molecular formula is C19H24N2O2. The van der Waals surface area contributed by atoms with Crippen molar-refractivity contribution in [3.05, 3.63) is 47.8 Å².